The lowest BCUT2D eigenvalue weighted by molar-refractivity contribution is -0.146. The Morgan fingerprint density at radius 1 is 0.525 bits per heavy atom. The van der Waals surface area contributed by atoms with Crippen LogP contribution in [0.4, 0.5) is 0 Å². The molecule has 0 saturated heterocycles. The molecule has 0 aromatic heterocycles. The van der Waals surface area contributed by atoms with E-state index in [0.29, 0.717) is 0 Å². The van der Waals surface area contributed by atoms with Crippen molar-refractivity contribution in [3.63, 3.8) is 0 Å². The van der Waals surface area contributed by atoms with E-state index in [2.05, 4.69) is 29.6 Å². The number of hydrogen-bond donors (Lipinski definition) is 4. The monoisotopic (exact) mass is 578 g/mol. The van der Waals surface area contributed by atoms with E-state index in [1.807, 2.05) is 0 Å². The Morgan fingerprint density at radius 3 is 1.00 bits per heavy atom. The standard InChI is InChI=1S/C24H42N4O12/c1-37-17(29)5-11-27(12-6-18(30)38-2)15-9-25-23(35)21(33)22(34)24(36)26-10-16-28(13-7-19(31)39-3)14-8-20(32)40-4/h21-22,33-34H,5-16H2,1-4H3,(H,25,35)(H,26,36)/t21-,22-/m1/s1. The SMILES string of the molecule is COC(=O)CCN(CCNC(=O)[C@H](O)[C@@H](O)C(=O)NCCN(CCC(=O)OC)CCC(=O)OC)CCC(=O)OC. The molecule has 0 rings (SSSR count). The summed E-state index contributed by atoms with van der Waals surface area (Å²) < 4.78 is 18.4. The van der Waals surface area contributed by atoms with E-state index >= 15 is 0 Å². The van der Waals surface area contributed by atoms with Crippen LogP contribution in [0.3, 0.4) is 0 Å². The molecular weight excluding hydrogens is 536 g/mol. The summed E-state index contributed by atoms with van der Waals surface area (Å²) in [5, 5.41) is 25.0. The Labute approximate surface area is 233 Å². The molecule has 40 heavy (non-hydrogen) atoms. The van der Waals surface area contributed by atoms with Crippen LogP contribution < -0.4 is 10.6 Å². The molecule has 0 spiro atoms. The molecule has 0 saturated carbocycles. The largest absolute Gasteiger partial charge is 0.469 e. The van der Waals surface area contributed by atoms with E-state index in [1.54, 1.807) is 9.80 Å². The van der Waals surface area contributed by atoms with Crippen LogP contribution in [0.15, 0.2) is 0 Å². The number of aliphatic hydroxyl groups is 2. The summed E-state index contributed by atoms with van der Waals surface area (Å²) in [6, 6.07) is 0. The molecule has 2 amide bonds. The van der Waals surface area contributed by atoms with Crippen molar-refractivity contribution in [3.8, 4) is 0 Å². The Hall–Kier alpha value is -3.34. The molecule has 16 heteroatoms. The Kier molecular flexibility index (Phi) is 19.7. The number of aliphatic hydroxyl groups excluding tert-OH is 2. The first-order chi connectivity index (χ1) is 19.0. The van der Waals surface area contributed by atoms with Gasteiger partial charge in [0.05, 0.1) is 54.1 Å². The number of hydrogen-bond acceptors (Lipinski definition) is 14. The first-order valence-electron chi connectivity index (χ1n) is 12.6. The summed E-state index contributed by atoms with van der Waals surface area (Å²) in [4.78, 5) is 73.7. The number of carbonyl (C=O) groups excluding carboxylic acids is 6. The van der Waals surface area contributed by atoms with Crippen LogP contribution in [0.1, 0.15) is 25.7 Å². The quantitative estimate of drug-likeness (QED) is 0.0781. The van der Waals surface area contributed by atoms with Crippen molar-refractivity contribution in [3.05, 3.63) is 0 Å². The molecule has 0 bridgehead atoms. The maximum atomic E-state index is 12.3. The topological polar surface area (TPSA) is 210 Å². The Bertz CT molecular complexity index is 720. The van der Waals surface area contributed by atoms with Crippen molar-refractivity contribution in [1.82, 2.24) is 20.4 Å². The summed E-state index contributed by atoms with van der Waals surface area (Å²) in [6.07, 6.45) is -3.92. The van der Waals surface area contributed by atoms with Crippen LogP contribution in [-0.2, 0) is 47.7 Å². The van der Waals surface area contributed by atoms with Crippen LogP contribution in [0.25, 0.3) is 0 Å². The third-order valence-electron chi connectivity index (χ3n) is 5.73. The number of esters is 4. The molecule has 0 aliphatic rings. The molecular formula is C24H42N4O12. The zero-order valence-electron chi connectivity index (χ0n) is 23.5. The second kappa shape index (κ2) is 21.5. The molecule has 0 radical (unpaired) electrons. The fourth-order valence-corrected chi connectivity index (χ4v) is 3.25. The summed E-state index contributed by atoms with van der Waals surface area (Å²) in [7, 11) is 4.99. The van der Waals surface area contributed by atoms with E-state index < -0.39 is 47.9 Å². The van der Waals surface area contributed by atoms with Crippen molar-refractivity contribution in [2.75, 3.05) is 80.8 Å². The number of methoxy groups -OCH3 is 4. The maximum absolute atomic E-state index is 12.3. The smallest absolute Gasteiger partial charge is 0.306 e. The number of nitrogens with one attached hydrogen (secondary N) is 2. The van der Waals surface area contributed by atoms with Crippen molar-refractivity contribution in [2.45, 2.75) is 37.9 Å². The van der Waals surface area contributed by atoms with Crippen LogP contribution in [0.2, 0.25) is 0 Å². The van der Waals surface area contributed by atoms with Gasteiger partial charge in [-0.3, -0.25) is 28.8 Å². The van der Waals surface area contributed by atoms with Crippen LogP contribution in [0, 0.1) is 0 Å². The highest BCUT2D eigenvalue weighted by Gasteiger charge is 2.30. The molecule has 2 atom stereocenters. The van der Waals surface area contributed by atoms with E-state index in [1.165, 1.54) is 28.4 Å². The summed E-state index contributed by atoms with van der Waals surface area (Å²) in [6.45, 7) is 1.33. The predicted molar refractivity (Wildman–Crippen MR) is 137 cm³/mol. The lowest BCUT2D eigenvalue weighted by Gasteiger charge is -2.23. The van der Waals surface area contributed by atoms with Gasteiger partial charge in [-0.15, -0.1) is 0 Å². The van der Waals surface area contributed by atoms with E-state index in [0.717, 1.165) is 0 Å². The average molecular weight is 579 g/mol. The van der Waals surface area contributed by atoms with Gasteiger partial charge in [0, 0.05) is 52.4 Å². The van der Waals surface area contributed by atoms with Gasteiger partial charge in [-0.05, 0) is 0 Å². The second-order valence-corrected chi connectivity index (χ2v) is 8.46. The summed E-state index contributed by atoms with van der Waals surface area (Å²) in [5.74, 6) is -3.81. The lowest BCUT2D eigenvalue weighted by atomic mass is 10.1. The minimum absolute atomic E-state index is 0.0120. The highest BCUT2D eigenvalue weighted by Crippen LogP contribution is 2.00. The fraction of sp³-hybridized carbons (Fsp3) is 0.750. The molecule has 0 unspecified atom stereocenters. The van der Waals surface area contributed by atoms with Crippen molar-refractivity contribution in [2.24, 2.45) is 0 Å². The van der Waals surface area contributed by atoms with Crippen LogP contribution in [0.5, 0.6) is 0 Å². The molecule has 0 aliphatic carbocycles. The van der Waals surface area contributed by atoms with Gasteiger partial charge >= 0.3 is 23.9 Å². The van der Waals surface area contributed by atoms with Gasteiger partial charge in [-0.25, -0.2) is 0 Å². The molecule has 4 N–H and O–H groups in total. The van der Waals surface area contributed by atoms with Gasteiger partial charge in [0.2, 0.25) is 0 Å². The lowest BCUT2D eigenvalue weighted by Crippen LogP contribution is -2.51. The highest BCUT2D eigenvalue weighted by molar-refractivity contribution is 5.90. The first-order valence-corrected chi connectivity index (χ1v) is 12.6. The predicted octanol–water partition coefficient (Wildman–Crippen LogP) is -3.20. The van der Waals surface area contributed by atoms with Crippen LogP contribution in [-0.4, -0.2) is 149 Å². The summed E-state index contributed by atoms with van der Waals surface area (Å²) >= 11 is 0. The van der Waals surface area contributed by atoms with Gasteiger partial charge in [0.1, 0.15) is 0 Å². The minimum atomic E-state index is -2.06. The van der Waals surface area contributed by atoms with Crippen LogP contribution >= 0.6 is 0 Å². The molecule has 0 aromatic carbocycles. The van der Waals surface area contributed by atoms with Gasteiger partial charge in [-0.1, -0.05) is 0 Å². The number of ether oxygens (including phenoxy) is 4. The number of amides is 2. The number of carbonyl (C=O) groups is 6. The van der Waals surface area contributed by atoms with Crippen molar-refractivity contribution < 1.29 is 57.9 Å². The van der Waals surface area contributed by atoms with Gasteiger partial charge in [0.25, 0.3) is 11.8 Å². The van der Waals surface area contributed by atoms with E-state index in [-0.39, 0.29) is 78.0 Å². The van der Waals surface area contributed by atoms with Crippen molar-refractivity contribution >= 4 is 35.7 Å². The second-order valence-electron chi connectivity index (χ2n) is 8.46. The first kappa shape index (κ1) is 36.7. The van der Waals surface area contributed by atoms with E-state index in [9.17, 15) is 39.0 Å². The van der Waals surface area contributed by atoms with Gasteiger partial charge in [0.15, 0.2) is 12.2 Å². The molecule has 230 valence electrons. The molecule has 0 fully saturated rings. The minimum Gasteiger partial charge on any atom is -0.469 e. The van der Waals surface area contributed by atoms with E-state index in [4.69, 9.17) is 0 Å². The third kappa shape index (κ3) is 16.6. The molecule has 0 heterocycles. The fourth-order valence-electron chi connectivity index (χ4n) is 3.25. The maximum Gasteiger partial charge on any atom is 0.306 e. The third-order valence-corrected chi connectivity index (χ3v) is 5.73. The number of rotatable bonds is 21. The molecule has 0 aromatic rings. The van der Waals surface area contributed by atoms with Gasteiger partial charge in [-0.2, -0.15) is 0 Å². The zero-order valence-corrected chi connectivity index (χ0v) is 23.5. The van der Waals surface area contributed by atoms with Crippen molar-refractivity contribution in [1.29, 1.82) is 0 Å². The Morgan fingerprint density at radius 2 is 0.775 bits per heavy atom. The normalized spacial score (nSPS) is 12.3. The number of nitrogens with zero attached hydrogens (tertiary/aromatic N) is 2. The van der Waals surface area contributed by atoms with Gasteiger partial charge < -0.3 is 49.6 Å². The molecule has 16 nitrogen and oxygen atoms in total. The average Bonchev–Trinajstić information content (AvgIpc) is 2.96. The summed E-state index contributed by atoms with van der Waals surface area (Å²) in [5.41, 5.74) is 0. The molecule has 0 aliphatic heterocycles. The Balaban J connectivity index is 4.72. The zero-order chi connectivity index (χ0) is 30.5. The highest BCUT2D eigenvalue weighted by atomic mass is 16.5.